The Morgan fingerprint density at radius 2 is 1.94 bits per heavy atom. The smallest absolute Gasteiger partial charge is 0.110 e. The van der Waals surface area contributed by atoms with E-state index in [1.54, 1.807) is 11.3 Å². The maximum atomic E-state index is 5.57. The zero-order valence-corrected chi connectivity index (χ0v) is 12.4. The van der Waals surface area contributed by atoms with Gasteiger partial charge in [0.25, 0.3) is 0 Å². The zero-order chi connectivity index (χ0) is 13.3. The molecule has 0 aliphatic heterocycles. The van der Waals surface area contributed by atoms with Gasteiger partial charge in [-0.05, 0) is 40.7 Å². The summed E-state index contributed by atoms with van der Waals surface area (Å²) in [7, 11) is 0. The molecule has 0 radical (unpaired) electrons. The van der Waals surface area contributed by atoms with Gasteiger partial charge in [0.1, 0.15) is 16.5 Å². The molecule has 0 spiro atoms. The first kappa shape index (κ1) is 13.3. The maximum absolute atomic E-state index is 5.57. The van der Waals surface area contributed by atoms with Crippen molar-refractivity contribution in [3.63, 3.8) is 0 Å². The van der Waals surface area contributed by atoms with E-state index in [0.29, 0.717) is 0 Å². The van der Waals surface area contributed by atoms with Crippen LogP contribution in [-0.4, -0.2) is 4.98 Å². The van der Waals surface area contributed by atoms with Crippen LogP contribution in [0.5, 0.6) is 0 Å². The molecule has 0 fully saturated rings. The fourth-order valence-corrected chi connectivity index (χ4v) is 3.00. The van der Waals surface area contributed by atoms with Crippen molar-refractivity contribution < 1.29 is 4.42 Å². The van der Waals surface area contributed by atoms with Crippen LogP contribution in [0.15, 0.2) is 15.9 Å². The zero-order valence-electron chi connectivity index (χ0n) is 11.6. The van der Waals surface area contributed by atoms with E-state index in [1.165, 1.54) is 5.56 Å². The van der Waals surface area contributed by atoms with Crippen LogP contribution in [0.4, 0.5) is 0 Å². The number of rotatable bonds is 4. The first-order valence-electron chi connectivity index (χ1n) is 6.22. The Bertz CT molecular complexity index is 530. The quantitative estimate of drug-likeness (QED) is 0.904. The van der Waals surface area contributed by atoms with Crippen molar-refractivity contribution in [2.75, 3.05) is 0 Å². The number of hydrogen-bond donors (Lipinski definition) is 1. The Hall–Kier alpha value is -1.13. The summed E-state index contributed by atoms with van der Waals surface area (Å²) < 4.78 is 5.57. The van der Waals surface area contributed by atoms with Crippen LogP contribution in [0.3, 0.4) is 0 Å². The summed E-state index contributed by atoms with van der Waals surface area (Å²) >= 11 is 1.71. The van der Waals surface area contributed by atoms with Gasteiger partial charge < -0.3 is 9.73 Å². The third kappa shape index (κ3) is 2.82. The molecule has 3 nitrogen and oxygen atoms in total. The summed E-state index contributed by atoms with van der Waals surface area (Å²) in [6.45, 7) is 10.3. The topological polar surface area (TPSA) is 38.1 Å². The van der Waals surface area contributed by atoms with Crippen molar-refractivity contribution in [3.05, 3.63) is 39.2 Å². The molecule has 0 aromatic carbocycles. The lowest BCUT2D eigenvalue weighted by Crippen LogP contribution is -2.22. The SMILES string of the molecule is Cc1csc(C(C)NC(C)c2cc(C)oc2C)n1. The van der Waals surface area contributed by atoms with Crippen LogP contribution in [0.1, 0.15) is 53.7 Å². The van der Waals surface area contributed by atoms with Crippen molar-refractivity contribution in [1.82, 2.24) is 10.3 Å². The number of hydrogen-bond acceptors (Lipinski definition) is 4. The first-order chi connectivity index (χ1) is 8.47. The highest BCUT2D eigenvalue weighted by molar-refractivity contribution is 7.09. The van der Waals surface area contributed by atoms with E-state index >= 15 is 0 Å². The van der Waals surface area contributed by atoms with Crippen molar-refractivity contribution >= 4 is 11.3 Å². The fraction of sp³-hybridized carbons (Fsp3) is 0.500. The number of furan rings is 1. The molecule has 4 heteroatoms. The molecule has 98 valence electrons. The molecule has 0 saturated heterocycles. The number of thiazole rings is 1. The molecule has 2 rings (SSSR count). The van der Waals surface area contributed by atoms with Gasteiger partial charge in [-0.2, -0.15) is 0 Å². The van der Waals surface area contributed by atoms with Crippen LogP contribution in [0.25, 0.3) is 0 Å². The minimum absolute atomic E-state index is 0.258. The van der Waals surface area contributed by atoms with Gasteiger partial charge in [-0.15, -0.1) is 11.3 Å². The molecule has 18 heavy (non-hydrogen) atoms. The second-order valence-electron chi connectivity index (χ2n) is 4.81. The van der Waals surface area contributed by atoms with E-state index in [-0.39, 0.29) is 12.1 Å². The molecule has 1 N–H and O–H groups in total. The second kappa shape index (κ2) is 5.24. The van der Waals surface area contributed by atoms with Gasteiger partial charge in [-0.3, -0.25) is 0 Å². The van der Waals surface area contributed by atoms with Crippen LogP contribution in [0, 0.1) is 20.8 Å². The lowest BCUT2D eigenvalue weighted by atomic mass is 10.1. The summed E-state index contributed by atoms with van der Waals surface area (Å²) in [5.41, 5.74) is 2.32. The summed E-state index contributed by atoms with van der Waals surface area (Å²) in [6, 6.07) is 2.63. The van der Waals surface area contributed by atoms with Gasteiger partial charge >= 0.3 is 0 Å². The number of aryl methyl sites for hydroxylation is 3. The average molecular weight is 264 g/mol. The summed E-state index contributed by atoms with van der Waals surface area (Å²) in [5, 5.41) is 6.79. The largest absolute Gasteiger partial charge is 0.466 e. The Labute approximate surface area is 112 Å². The third-order valence-electron chi connectivity index (χ3n) is 3.05. The fourth-order valence-electron chi connectivity index (χ4n) is 2.19. The summed E-state index contributed by atoms with van der Waals surface area (Å²) in [4.78, 5) is 4.52. The molecule has 0 amide bonds. The molecule has 2 heterocycles. The van der Waals surface area contributed by atoms with Crippen LogP contribution >= 0.6 is 11.3 Å². The van der Waals surface area contributed by atoms with Gasteiger partial charge in [0.15, 0.2) is 0 Å². The Kier molecular flexibility index (Phi) is 3.88. The monoisotopic (exact) mass is 264 g/mol. The molecule has 0 saturated carbocycles. The third-order valence-corrected chi connectivity index (χ3v) is 4.20. The van der Waals surface area contributed by atoms with Crippen LogP contribution in [-0.2, 0) is 0 Å². The summed E-state index contributed by atoms with van der Waals surface area (Å²) in [6.07, 6.45) is 0. The number of aromatic nitrogens is 1. The Morgan fingerprint density at radius 3 is 2.44 bits per heavy atom. The van der Waals surface area contributed by atoms with Gasteiger partial charge in [0, 0.05) is 22.7 Å². The van der Waals surface area contributed by atoms with Gasteiger partial charge in [0.05, 0.1) is 6.04 Å². The molecular formula is C14H20N2OS. The van der Waals surface area contributed by atoms with E-state index in [4.69, 9.17) is 4.42 Å². The Morgan fingerprint density at radius 1 is 1.22 bits per heavy atom. The predicted octanol–water partition coefficient (Wildman–Crippen LogP) is 4.07. The van der Waals surface area contributed by atoms with Gasteiger partial charge in [0.2, 0.25) is 0 Å². The lowest BCUT2D eigenvalue weighted by molar-refractivity contribution is 0.468. The van der Waals surface area contributed by atoms with Crippen LogP contribution < -0.4 is 5.32 Å². The normalized spacial score (nSPS) is 14.7. The van der Waals surface area contributed by atoms with E-state index in [1.807, 2.05) is 20.8 Å². The van der Waals surface area contributed by atoms with Gasteiger partial charge in [-0.25, -0.2) is 4.98 Å². The molecule has 2 atom stereocenters. The Balaban J connectivity index is 2.07. The van der Waals surface area contributed by atoms with Crippen molar-refractivity contribution in [1.29, 1.82) is 0 Å². The molecule has 0 aliphatic rings. The highest BCUT2D eigenvalue weighted by Crippen LogP contribution is 2.25. The molecule has 0 bridgehead atoms. The lowest BCUT2D eigenvalue weighted by Gasteiger charge is -2.18. The van der Waals surface area contributed by atoms with Crippen molar-refractivity contribution in [2.45, 2.75) is 46.7 Å². The highest BCUT2D eigenvalue weighted by atomic mass is 32.1. The van der Waals surface area contributed by atoms with Crippen molar-refractivity contribution in [2.24, 2.45) is 0 Å². The number of nitrogens with zero attached hydrogens (tertiary/aromatic N) is 1. The van der Waals surface area contributed by atoms with Crippen LogP contribution in [0.2, 0.25) is 0 Å². The van der Waals surface area contributed by atoms with E-state index < -0.39 is 0 Å². The summed E-state index contributed by atoms with van der Waals surface area (Å²) in [5.74, 6) is 1.96. The average Bonchev–Trinajstić information content (AvgIpc) is 2.84. The van der Waals surface area contributed by atoms with Gasteiger partial charge in [-0.1, -0.05) is 0 Å². The maximum Gasteiger partial charge on any atom is 0.110 e. The van der Waals surface area contributed by atoms with E-state index in [0.717, 1.165) is 22.2 Å². The molecule has 2 aromatic heterocycles. The molecule has 2 unspecified atom stereocenters. The minimum Gasteiger partial charge on any atom is -0.466 e. The standard InChI is InChI=1S/C14H20N2OS/c1-8-7-18-14(15-8)11(4)16-10(3)13-6-9(2)17-12(13)5/h6-7,10-11,16H,1-5H3. The van der Waals surface area contributed by atoms with Crippen molar-refractivity contribution in [3.8, 4) is 0 Å². The second-order valence-corrected chi connectivity index (χ2v) is 5.70. The van der Waals surface area contributed by atoms with E-state index in [9.17, 15) is 0 Å². The first-order valence-corrected chi connectivity index (χ1v) is 7.10. The van der Waals surface area contributed by atoms with E-state index in [2.05, 4.69) is 35.6 Å². The molecule has 2 aromatic rings. The highest BCUT2D eigenvalue weighted by Gasteiger charge is 2.17. The number of nitrogens with one attached hydrogen (secondary N) is 1. The molecular weight excluding hydrogens is 244 g/mol. The predicted molar refractivity (Wildman–Crippen MR) is 75.0 cm³/mol. The molecule has 0 aliphatic carbocycles. The minimum atomic E-state index is 0.258.